The van der Waals surface area contributed by atoms with E-state index in [9.17, 15) is 4.79 Å². The zero-order valence-corrected chi connectivity index (χ0v) is 17.4. The van der Waals surface area contributed by atoms with E-state index in [1.165, 1.54) is 5.56 Å². The molecule has 0 aromatic heterocycles. The highest BCUT2D eigenvalue weighted by atomic mass is 16.5. The van der Waals surface area contributed by atoms with Crippen molar-refractivity contribution >= 4 is 5.91 Å². The number of ether oxygens (including phenoxy) is 1. The average molecular weight is 388 g/mol. The molecule has 0 fully saturated rings. The van der Waals surface area contributed by atoms with Crippen molar-refractivity contribution in [3.8, 4) is 16.9 Å². The van der Waals surface area contributed by atoms with Gasteiger partial charge in [0.05, 0.1) is 6.04 Å². The van der Waals surface area contributed by atoms with Crippen LogP contribution in [0.15, 0.2) is 78.9 Å². The van der Waals surface area contributed by atoms with Gasteiger partial charge in [0, 0.05) is 5.56 Å². The van der Waals surface area contributed by atoms with Crippen LogP contribution in [-0.2, 0) is 11.2 Å². The van der Waals surface area contributed by atoms with Crippen LogP contribution in [0.4, 0.5) is 0 Å². The van der Waals surface area contributed by atoms with Crippen LogP contribution in [0, 0.1) is 5.92 Å². The van der Waals surface area contributed by atoms with Crippen molar-refractivity contribution in [2.24, 2.45) is 5.92 Å². The Balaban J connectivity index is 1.58. The molecule has 0 bridgehead atoms. The van der Waals surface area contributed by atoms with Crippen LogP contribution >= 0.6 is 0 Å². The summed E-state index contributed by atoms with van der Waals surface area (Å²) < 4.78 is 5.84. The molecule has 0 saturated carbocycles. The first kappa shape index (κ1) is 20.7. The molecule has 0 aliphatic heterocycles. The van der Waals surface area contributed by atoms with Gasteiger partial charge in [-0.3, -0.25) is 4.79 Å². The zero-order valence-electron chi connectivity index (χ0n) is 17.4. The second-order valence-electron chi connectivity index (χ2n) is 7.78. The fourth-order valence-corrected chi connectivity index (χ4v) is 3.37. The summed E-state index contributed by atoms with van der Waals surface area (Å²) in [5.74, 6) is 1.21. The van der Waals surface area contributed by atoms with E-state index in [0.717, 1.165) is 23.1 Å². The molecule has 3 rings (SSSR count). The van der Waals surface area contributed by atoms with Crippen LogP contribution in [0.3, 0.4) is 0 Å². The van der Waals surface area contributed by atoms with Crippen molar-refractivity contribution in [1.82, 2.24) is 5.32 Å². The zero-order chi connectivity index (χ0) is 20.6. The molecule has 1 N–H and O–H groups in total. The van der Waals surface area contributed by atoms with Crippen molar-refractivity contribution in [3.05, 3.63) is 90.0 Å². The topological polar surface area (TPSA) is 38.3 Å². The summed E-state index contributed by atoms with van der Waals surface area (Å²) in [6, 6.07) is 26.2. The first-order chi connectivity index (χ1) is 14.0. The Morgan fingerprint density at radius 3 is 2.21 bits per heavy atom. The number of hydrogen-bond acceptors (Lipinski definition) is 2. The molecular formula is C26H29NO2. The average Bonchev–Trinajstić information content (AvgIpc) is 2.73. The molecule has 0 spiro atoms. The third-order valence-electron chi connectivity index (χ3n) is 4.83. The minimum atomic E-state index is -0.133. The molecule has 3 nitrogen and oxygen atoms in total. The van der Waals surface area contributed by atoms with Crippen molar-refractivity contribution in [2.45, 2.75) is 33.2 Å². The first-order valence-corrected chi connectivity index (χ1v) is 10.2. The van der Waals surface area contributed by atoms with Gasteiger partial charge in [0.15, 0.2) is 6.61 Å². The van der Waals surface area contributed by atoms with Crippen molar-refractivity contribution in [1.29, 1.82) is 0 Å². The summed E-state index contributed by atoms with van der Waals surface area (Å²) in [5, 5.41) is 3.02. The minimum Gasteiger partial charge on any atom is -0.483 e. The normalized spacial score (nSPS) is 11.9. The maximum atomic E-state index is 12.4. The van der Waals surface area contributed by atoms with E-state index >= 15 is 0 Å². The van der Waals surface area contributed by atoms with Crippen LogP contribution in [0.25, 0.3) is 11.1 Å². The van der Waals surface area contributed by atoms with Gasteiger partial charge in [0.1, 0.15) is 5.75 Å². The quantitative estimate of drug-likeness (QED) is 0.530. The molecule has 1 atom stereocenters. The predicted octanol–water partition coefficient (Wildman–Crippen LogP) is 5.81. The molecule has 0 unspecified atom stereocenters. The Labute approximate surface area is 173 Å². The monoisotopic (exact) mass is 387 g/mol. The predicted molar refractivity (Wildman–Crippen MR) is 119 cm³/mol. The molecule has 3 heteroatoms. The molecule has 0 aliphatic carbocycles. The van der Waals surface area contributed by atoms with Crippen LogP contribution in [-0.4, -0.2) is 12.5 Å². The van der Waals surface area contributed by atoms with Gasteiger partial charge in [-0.2, -0.15) is 0 Å². The van der Waals surface area contributed by atoms with Gasteiger partial charge in [-0.05, 0) is 42.0 Å². The maximum Gasteiger partial charge on any atom is 0.258 e. The Morgan fingerprint density at radius 1 is 0.862 bits per heavy atom. The van der Waals surface area contributed by atoms with Crippen LogP contribution < -0.4 is 10.1 Å². The van der Waals surface area contributed by atoms with Crippen molar-refractivity contribution < 1.29 is 9.53 Å². The lowest BCUT2D eigenvalue weighted by molar-refractivity contribution is -0.123. The van der Waals surface area contributed by atoms with E-state index < -0.39 is 0 Å². The molecular weight excluding hydrogens is 358 g/mol. The standard InChI is InChI=1S/C26H29NO2/c1-19(2)17-21-13-15-22(16-14-21)20(3)27-26(28)18-29-25-12-8-7-11-24(25)23-9-5-4-6-10-23/h4-16,19-20H,17-18H2,1-3H3,(H,27,28)/t20-/m0/s1. The number of hydrogen-bond donors (Lipinski definition) is 1. The summed E-state index contributed by atoms with van der Waals surface area (Å²) in [4.78, 5) is 12.4. The molecule has 1 amide bonds. The number of carbonyl (C=O) groups is 1. The number of para-hydroxylation sites is 1. The number of nitrogens with one attached hydrogen (secondary N) is 1. The Kier molecular flexibility index (Phi) is 7.07. The Bertz CT molecular complexity index is 917. The molecule has 29 heavy (non-hydrogen) atoms. The van der Waals surface area contributed by atoms with E-state index in [0.29, 0.717) is 11.7 Å². The van der Waals surface area contributed by atoms with Gasteiger partial charge >= 0.3 is 0 Å². The maximum absolute atomic E-state index is 12.4. The second-order valence-corrected chi connectivity index (χ2v) is 7.78. The van der Waals surface area contributed by atoms with Gasteiger partial charge in [0.2, 0.25) is 0 Å². The molecule has 0 saturated heterocycles. The summed E-state index contributed by atoms with van der Waals surface area (Å²) in [7, 11) is 0. The van der Waals surface area contributed by atoms with E-state index in [1.807, 2.05) is 61.5 Å². The van der Waals surface area contributed by atoms with Crippen LogP contribution in [0.2, 0.25) is 0 Å². The molecule has 150 valence electrons. The number of rotatable bonds is 8. The summed E-state index contributed by atoms with van der Waals surface area (Å²) in [6.07, 6.45) is 1.07. The van der Waals surface area contributed by atoms with Gasteiger partial charge in [-0.15, -0.1) is 0 Å². The fourth-order valence-electron chi connectivity index (χ4n) is 3.37. The highest BCUT2D eigenvalue weighted by Gasteiger charge is 2.12. The lowest BCUT2D eigenvalue weighted by atomic mass is 10.00. The molecule has 3 aromatic rings. The van der Waals surface area contributed by atoms with Crippen molar-refractivity contribution in [2.75, 3.05) is 6.61 Å². The summed E-state index contributed by atoms with van der Waals surface area (Å²) >= 11 is 0. The smallest absolute Gasteiger partial charge is 0.258 e. The highest BCUT2D eigenvalue weighted by Crippen LogP contribution is 2.29. The molecule has 0 heterocycles. The fraction of sp³-hybridized carbons (Fsp3) is 0.269. The number of benzene rings is 3. The largest absolute Gasteiger partial charge is 0.483 e. The van der Waals surface area contributed by atoms with Crippen LogP contribution in [0.5, 0.6) is 5.75 Å². The van der Waals surface area contributed by atoms with Gasteiger partial charge in [0.25, 0.3) is 5.91 Å². The lowest BCUT2D eigenvalue weighted by Crippen LogP contribution is -2.31. The van der Waals surface area contributed by atoms with E-state index in [-0.39, 0.29) is 18.6 Å². The number of carbonyl (C=O) groups excluding carboxylic acids is 1. The van der Waals surface area contributed by atoms with Crippen LogP contribution in [0.1, 0.15) is 37.9 Å². The summed E-state index contributed by atoms with van der Waals surface area (Å²) in [6.45, 7) is 6.41. The van der Waals surface area contributed by atoms with Gasteiger partial charge in [-0.1, -0.05) is 86.6 Å². The van der Waals surface area contributed by atoms with Gasteiger partial charge < -0.3 is 10.1 Å². The third kappa shape index (κ3) is 5.95. The first-order valence-electron chi connectivity index (χ1n) is 10.2. The second kappa shape index (κ2) is 9.92. The van der Waals surface area contributed by atoms with Crippen molar-refractivity contribution in [3.63, 3.8) is 0 Å². The van der Waals surface area contributed by atoms with E-state index in [4.69, 9.17) is 4.74 Å². The molecule has 3 aromatic carbocycles. The Morgan fingerprint density at radius 2 is 1.52 bits per heavy atom. The SMILES string of the molecule is CC(C)Cc1ccc([C@H](C)NC(=O)COc2ccccc2-c2ccccc2)cc1. The number of amides is 1. The highest BCUT2D eigenvalue weighted by molar-refractivity contribution is 5.78. The Hall–Kier alpha value is -3.07. The third-order valence-corrected chi connectivity index (χ3v) is 4.83. The lowest BCUT2D eigenvalue weighted by Gasteiger charge is -2.16. The van der Waals surface area contributed by atoms with Gasteiger partial charge in [-0.25, -0.2) is 0 Å². The molecule has 0 radical (unpaired) electrons. The minimum absolute atomic E-state index is 0.0143. The summed E-state index contributed by atoms with van der Waals surface area (Å²) in [5.41, 5.74) is 4.46. The van der Waals surface area contributed by atoms with E-state index in [1.54, 1.807) is 0 Å². The molecule has 0 aliphatic rings. The van der Waals surface area contributed by atoms with E-state index in [2.05, 4.69) is 43.4 Å².